The van der Waals surface area contributed by atoms with E-state index >= 15 is 0 Å². The first kappa shape index (κ1) is 20.7. The van der Waals surface area contributed by atoms with E-state index in [1.807, 2.05) is 43.3 Å². The minimum atomic E-state index is -0.373. The summed E-state index contributed by atoms with van der Waals surface area (Å²) >= 11 is 3.39. The minimum absolute atomic E-state index is 0.171. The van der Waals surface area contributed by atoms with Gasteiger partial charge in [-0.25, -0.2) is 5.43 Å². The number of hydrazone groups is 1. The summed E-state index contributed by atoms with van der Waals surface area (Å²) in [5.74, 6) is 1.57. The first-order valence-corrected chi connectivity index (χ1v) is 9.84. The molecule has 0 fully saturated rings. The van der Waals surface area contributed by atoms with Crippen molar-refractivity contribution in [2.75, 3.05) is 20.3 Å². The van der Waals surface area contributed by atoms with Crippen LogP contribution < -0.4 is 19.6 Å². The van der Waals surface area contributed by atoms with Crippen LogP contribution in [0.25, 0.3) is 10.8 Å². The Kier molecular flexibility index (Phi) is 7.08. The standard InChI is InChI=1S/C22H21BrN2O4/c1-3-28-20-10-8-15-6-4-5-7-17(15)18(20)13-24-25-22(26)14-29-21-11-9-16(27-2)12-19(21)23/h4-13H,3,14H2,1-2H3,(H,25,26)/b24-13+. The molecule has 150 valence electrons. The lowest BCUT2D eigenvalue weighted by molar-refractivity contribution is -0.123. The van der Waals surface area contributed by atoms with Gasteiger partial charge in [-0.15, -0.1) is 0 Å². The molecule has 29 heavy (non-hydrogen) atoms. The van der Waals surface area contributed by atoms with Crippen LogP contribution in [0.4, 0.5) is 0 Å². The molecule has 0 aliphatic heterocycles. The van der Waals surface area contributed by atoms with E-state index in [1.54, 1.807) is 31.5 Å². The number of nitrogens with zero attached hydrogens (tertiary/aromatic N) is 1. The van der Waals surface area contributed by atoms with Crippen LogP contribution in [-0.4, -0.2) is 32.4 Å². The van der Waals surface area contributed by atoms with Crippen molar-refractivity contribution in [2.45, 2.75) is 6.92 Å². The van der Waals surface area contributed by atoms with Gasteiger partial charge in [0.15, 0.2) is 6.61 Å². The van der Waals surface area contributed by atoms with Gasteiger partial charge in [-0.05, 0) is 57.9 Å². The molecule has 1 amide bonds. The van der Waals surface area contributed by atoms with Gasteiger partial charge in [0.25, 0.3) is 5.91 Å². The molecule has 0 unspecified atom stereocenters. The highest BCUT2D eigenvalue weighted by atomic mass is 79.9. The van der Waals surface area contributed by atoms with Crippen LogP contribution in [0.1, 0.15) is 12.5 Å². The maximum absolute atomic E-state index is 12.1. The summed E-state index contributed by atoms with van der Waals surface area (Å²) in [6.07, 6.45) is 1.59. The third-order valence-corrected chi connectivity index (χ3v) is 4.73. The number of carbonyl (C=O) groups is 1. The summed E-state index contributed by atoms with van der Waals surface area (Å²) < 4.78 is 17.0. The van der Waals surface area contributed by atoms with E-state index < -0.39 is 0 Å². The molecule has 3 rings (SSSR count). The number of methoxy groups -OCH3 is 1. The van der Waals surface area contributed by atoms with E-state index in [-0.39, 0.29) is 12.5 Å². The van der Waals surface area contributed by atoms with Crippen molar-refractivity contribution in [1.29, 1.82) is 0 Å². The fraction of sp³-hybridized carbons (Fsp3) is 0.182. The Labute approximate surface area is 177 Å². The first-order chi connectivity index (χ1) is 14.1. The van der Waals surface area contributed by atoms with Crippen LogP contribution in [0.2, 0.25) is 0 Å². The number of halogens is 1. The zero-order valence-corrected chi connectivity index (χ0v) is 17.7. The van der Waals surface area contributed by atoms with Crippen LogP contribution in [0.15, 0.2) is 64.2 Å². The predicted molar refractivity (Wildman–Crippen MR) is 117 cm³/mol. The lowest BCUT2D eigenvalue weighted by Gasteiger charge is -2.10. The summed E-state index contributed by atoms with van der Waals surface area (Å²) in [5, 5.41) is 6.14. The average molecular weight is 457 g/mol. The fourth-order valence-electron chi connectivity index (χ4n) is 2.76. The van der Waals surface area contributed by atoms with E-state index in [2.05, 4.69) is 26.5 Å². The van der Waals surface area contributed by atoms with E-state index in [0.717, 1.165) is 16.3 Å². The number of amides is 1. The number of nitrogens with one attached hydrogen (secondary N) is 1. The van der Waals surface area contributed by atoms with Crippen LogP contribution >= 0.6 is 15.9 Å². The molecule has 0 bridgehead atoms. The van der Waals surface area contributed by atoms with Gasteiger partial charge in [0.05, 0.1) is 24.4 Å². The Balaban J connectivity index is 1.66. The number of rotatable bonds is 8. The fourth-order valence-corrected chi connectivity index (χ4v) is 3.23. The number of carbonyl (C=O) groups excluding carboxylic acids is 1. The highest BCUT2D eigenvalue weighted by molar-refractivity contribution is 9.10. The van der Waals surface area contributed by atoms with Gasteiger partial charge >= 0.3 is 0 Å². The summed E-state index contributed by atoms with van der Waals surface area (Å²) in [5.41, 5.74) is 3.30. The van der Waals surface area contributed by atoms with Crippen LogP contribution in [-0.2, 0) is 4.79 Å². The number of hydrogen-bond donors (Lipinski definition) is 1. The number of fused-ring (bicyclic) bond motifs is 1. The summed E-state index contributed by atoms with van der Waals surface area (Å²) in [6.45, 7) is 2.29. The maximum atomic E-state index is 12.1. The van der Waals surface area contributed by atoms with Gasteiger partial charge in [-0.1, -0.05) is 30.3 Å². The normalized spacial score (nSPS) is 10.9. The topological polar surface area (TPSA) is 69.2 Å². The molecule has 0 aliphatic carbocycles. The van der Waals surface area contributed by atoms with Crippen LogP contribution in [0.5, 0.6) is 17.2 Å². The quantitative estimate of drug-likeness (QED) is 0.399. The van der Waals surface area contributed by atoms with E-state index in [1.165, 1.54) is 0 Å². The van der Waals surface area contributed by atoms with Gasteiger partial charge in [-0.2, -0.15) is 5.10 Å². The maximum Gasteiger partial charge on any atom is 0.277 e. The molecule has 0 saturated heterocycles. The van der Waals surface area contributed by atoms with Gasteiger partial charge < -0.3 is 14.2 Å². The lowest BCUT2D eigenvalue weighted by atomic mass is 10.0. The van der Waals surface area contributed by atoms with Crippen molar-refractivity contribution >= 4 is 38.8 Å². The third kappa shape index (κ3) is 5.26. The van der Waals surface area contributed by atoms with Crippen LogP contribution in [0, 0.1) is 0 Å². The smallest absolute Gasteiger partial charge is 0.277 e. The van der Waals surface area contributed by atoms with Crippen LogP contribution in [0.3, 0.4) is 0 Å². The molecule has 3 aromatic carbocycles. The summed E-state index contributed by atoms with van der Waals surface area (Å²) in [4.78, 5) is 12.1. The van der Waals surface area contributed by atoms with Gasteiger partial charge in [0, 0.05) is 5.56 Å². The molecule has 0 radical (unpaired) electrons. The second kappa shape index (κ2) is 9.93. The number of hydrogen-bond acceptors (Lipinski definition) is 5. The lowest BCUT2D eigenvalue weighted by Crippen LogP contribution is -2.24. The Morgan fingerprint density at radius 2 is 1.90 bits per heavy atom. The molecule has 0 atom stereocenters. The molecule has 0 heterocycles. The molecule has 7 heteroatoms. The zero-order chi connectivity index (χ0) is 20.6. The average Bonchev–Trinajstić information content (AvgIpc) is 2.74. The number of benzene rings is 3. The Morgan fingerprint density at radius 3 is 2.66 bits per heavy atom. The molecular weight excluding hydrogens is 436 g/mol. The van der Waals surface area contributed by atoms with E-state index in [0.29, 0.717) is 28.3 Å². The van der Waals surface area contributed by atoms with Gasteiger partial charge in [-0.3, -0.25) is 4.79 Å². The third-order valence-electron chi connectivity index (χ3n) is 4.11. The molecule has 1 N–H and O–H groups in total. The second-order valence-corrected chi connectivity index (χ2v) is 6.86. The second-order valence-electron chi connectivity index (χ2n) is 6.01. The van der Waals surface area contributed by atoms with Crippen molar-refractivity contribution in [2.24, 2.45) is 5.10 Å². The monoisotopic (exact) mass is 456 g/mol. The Bertz CT molecular complexity index is 1040. The summed E-state index contributed by atoms with van der Waals surface area (Å²) in [7, 11) is 1.58. The minimum Gasteiger partial charge on any atom is -0.497 e. The molecule has 0 spiro atoms. The first-order valence-electron chi connectivity index (χ1n) is 9.05. The van der Waals surface area contributed by atoms with E-state index in [9.17, 15) is 4.79 Å². The van der Waals surface area contributed by atoms with Crippen molar-refractivity contribution < 1.29 is 19.0 Å². The highest BCUT2D eigenvalue weighted by Gasteiger charge is 2.08. The molecule has 3 aromatic rings. The summed E-state index contributed by atoms with van der Waals surface area (Å²) in [6, 6.07) is 17.1. The Hall–Kier alpha value is -3.06. The van der Waals surface area contributed by atoms with Crippen molar-refractivity contribution in [3.8, 4) is 17.2 Å². The van der Waals surface area contributed by atoms with Gasteiger partial charge in [0.1, 0.15) is 17.2 Å². The van der Waals surface area contributed by atoms with Crippen molar-refractivity contribution in [1.82, 2.24) is 5.43 Å². The van der Waals surface area contributed by atoms with Crippen molar-refractivity contribution in [3.63, 3.8) is 0 Å². The van der Waals surface area contributed by atoms with E-state index in [4.69, 9.17) is 14.2 Å². The highest BCUT2D eigenvalue weighted by Crippen LogP contribution is 2.29. The largest absolute Gasteiger partial charge is 0.497 e. The Morgan fingerprint density at radius 1 is 1.10 bits per heavy atom. The zero-order valence-electron chi connectivity index (χ0n) is 16.1. The number of ether oxygens (including phenoxy) is 3. The molecule has 0 saturated carbocycles. The molecule has 0 aromatic heterocycles. The van der Waals surface area contributed by atoms with Gasteiger partial charge in [0.2, 0.25) is 0 Å². The molecule has 0 aliphatic rings. The molecule has 6 nitrogen and oxygen atoms in total. The predicted octanol–water partition coefficient (Wildman–Crippen LogP) is 4.54. The molecular formula is C22H21BrN2O4. The SMILES string of the molecule is CCOc1ccc2ccccc2c1/C=N/NC(=O)COc1ccc(OC)cc1Br. The van der Waals surface area contributed by atoms with Crippen molar-refractivity contribution in [3.05, 3.63) is 64.6 Å².